The van der Waals surface area contributed by atoms with Crippen molar-refractivity contribution in [3.05, 3.63) is 11.6 Å². The van der Waals surface area contributed by atoms with Crippen molar-refractivity contribution < 1.29 is 0 Å². The molecule has 0 radical (unpaired) electrons. The highest BCUT2D eigenvalue weighted by atomic mass is 35.5. The standard InChI is InChI=1S/C11H21Cl/c1-4-6-7-8-9-11(5-2)10(3)12/h11H,3-9H2,1-2H3. The highest BCUT2D eigenvalue weighted by Gasteiger charge is 2.07. The number of unbranched alkanes of at least 4 members (excludes halogenated alkanes) is 3. The zero-order valence-corrected chi connectivity index (χ0v) is 9.16. The Morgan fingerprint density at radius 2 is 1.92 bits per heavy atom. The van der Waals surface area contributed by atoms with Crippen molar-refractivity contribution in [2.75, 3.05) is 0 Å². The topological polar surface area (TPSA) is 0 Å². The van der Waals surface area contributed by atoms with E-state index in [1.165, 1.54) is 32.1 Å². The highest BCUT2D eigenvalue weighted by molar-refractivity contribution is 6.29. The average molecular weight is 189 g/mol. The average Bonchev–Trinajstić information content (AvgIpc) is 2.04. The molecule has 0 spiro atoms. The molecule has 1 heteroatoms. The monoisotopic (exact) mass is 188 g/mol. The summed E-state index contributed by atoms with van der Waals surface area (Å²) in [5.74, 6) is 0.545. The lowest BCUT2D eigenvalue weighted by Gasteiger charge is -2.12. The lowest BCUT2D eigenvalue weighted by molar-refractivity contribution is 0.512. The third kappa shape index (κ3) is 5.65. The number of hydrogen-bond donors (Lipinski definition) is 0. The summed E-state index contributed by atoms with van der Waals surface area (Å²) in [6, 6.07) is 0. The van der Waals surface area contributed by atoms with Crippen molar-refractivity contribution in [1.82, 2.24) is 0 Å². The molecule has 0 aromatic rings. The first-order valence-corrected chi connectivity index (χ1v) is 5.44. The summed E-state index contributed by atoms with van der Waals surface area (Å²) in [7, 11) is 0. The van der Waals surface area contributed by atoms with E-state index in [9.17, 15) is 0 Å². The maximum atomic E-state index is 5.86. The molecule has 0 rings (SSSR count). The molecule has 1 unspecified atom stereocenters. The highest BCUT2D eigenvalue weighted by Crippen LogP contribution is 2.23. The summed E-state index contributed by atoms with van der Waals surface area (Å²) in [6.45, 7) is 8.20. The van der Waals surface area contributed by atoms with Gasteiger partial charge in [-0.05, 0) is 18.8 Å². The number of hydrogen-bond acceptors (Lipinski definition) is 0. The van der Waals surface area contributed by atoms with Crippen LogP contribution in [0.3, 0.4) is 0 Å². The van der Waals surface area contributed by atoms with E-state index in [1.54, 1.807) is 0 Å². The molecule has 0 aliphatic rings. The van der Waals surface area contributed by atoms with Gasteiger partial charge in [0.05, 0.1) is 0 Å². The molecule has 0 fully saturated rings. The van der Waals surface area contributed by atoms with Crippen LogP contribution in [0.15, 0.2) is 11.6 Å². The molecule has 0 aliphatic heterocycles. The van der Waals surface area contributed by atoms with E-state index in [0.29, 0.717) is 5.92 Å². The maximum Gasteiger partial charge on any atom is 0.0140 e. The summed E-state index contributed by atoms with van der Waals surface area (Å²) in [5.41, 5.74) is 0. The fourth-order valence-electron chi connectivity index (χ4n) is 1.40. The molecular weight excluding hydrogens is 168 g/mol. The Morgan fingerprint density at radius 3 is 2.33 bits per heavy atom. The van der Waals surface area contributed by atoms with E-state index in [4.69, 9.17) is 11.6 Å². The summed E-state index contributed by atoms with van der Waals surface area (Å²) in [4.78, 5) is 0. The van der Waals surface area contributed by atoms with E-state index in [0.717, 1.165) is 11.5 Å². The SMILES string of the molecule is C=C(Cl)C(CC)CCCCCC. The van der Waals surface area contributed by atoms with Crippen molar-refractivity contribution in [2.24, 2.45) is 5.92 Å². The van der Waals surface area contributed by atoms with Crippen LogP contribution in [0.4, 0.5) is 0 Å². The Kier molecular flexibility index (Phi) is 7.69. The van der Waals surface area contributed by atoms with Crippen molar-refractivity contribution in [2.45, 2.75) is 52.4 Å². The minimum absolute atomic E-state index is 0.545. The Balaban J connectivity index is 3.38. The van der Waals surface area contributed by atoms with Gasteiger partial charge in [-0.15, -0.1) is 0 Å². The van der Waals surface area contributed by atoms with Gasteiger partial charge in [-0.2, -0.15) is 0 Å². The quantitative estimate of drug-likeness (QED) is 0.507. The molecule has 0 saturated heterocycles. The number of allylic oxidation sites excluding steroid dienone is 1. The van der Waals surface area contributed by atoms with Gasteiger partial charge < -0.3 is 0 Å². The second-order valence-electron chi connectivity index (χ2n) is 3.40. The van der Waals surface area contributed by atoms with Crippen LogP contribution >= 0.6 is 11.6 Å². The van der Waals surface area contributed by atoms with Crippen LogP contribution in [-0.2, 0) is 0 Å². The normalized spacial score (nSPS) is 12.9. The Bertz CT molecular complexity index is 118. The van der Waals surface area contributed by atoms with Gasteiger partial charge in [0, 0.05) is 5.03 Å². The molecular formula is C11H21Cl. The lowest BCUT2D eigenvalue weighted by atomic mass is 9.98. The summed E-state index contributed by atoms with van der Waals surface area (Å²) in [5, 5.41) is 0.842. The van der Waals surface area contributed by atoms with Gasteiger partial charge >= 0.3 is 0 Å². The number of halogens is 1. The third-order valence-electron chi connectivity index (χ3n) is 2.34. The molecule has 0 saturated carbocycles. The van der Waals surface area contributed by atoms with Crippen LogP contribution in [0.25, 0.3) is 0 Å². The second kappa shape index (κ2) is 7.67. The van der Waals surface area contributed by atoms with Gasteiger partial charge in [0.2, 0.25) is 0 Å². The van der Waals surface area contributed by atoms with Crippen molar-refractivity contribution >= 4 is 11.6 Å². The molecule has 12 heavy (non-hydrogen) atoms. The molecule has 0 nitrogen and oxygen atoms in total. The van der Waals surface area contributed by atoms with E-state index < -0.39 is 0 Å². The molecule has 0 aliphatic carbocycles. The third-order valence-corrected chi connectivity index (χ3v) is 2.65. The second-order valence-corrected chi connectivity index (χ2v) is 3.89. The van der Waals surface area contributed by atoms with Crippen LogP contribution in [-0.4, -0.2) is 0 Å². The van der Waals surface area contributed by atoms with Gasteiger partial charge in [-0.25, -0.2) is 0 Å². The Morgan fingerprint density at radius 1 is 1.25 bits per heavy atom. The van der Waals surface area contributed by atoms with Gasteiger partial charge in [-0.1, -0.05) is 57.7 Å². The van der Waals surface area contributed by atoms with Gasteiger partial charge in [-0.3, -0.25) is 0 Å². The van der Waals surface area contributed by atoms with Crippen LogP contribution in [0.1, 0.15) is 52.4 Å². The van der Waals surface area contributed by atoms with Crippen LogP contribution in [0.5, 0.6) is 0 Å². The summed E-state index contributed by atoms with van der Waals surface area (Å²) in [6.07, 6.45) is 7.66. The predicted molar refractivity (Wildman–Crippen MR) is 57.5 cm³/mol. The molecule has 0 heterocycles. The van der Waals surface area contributed by atoms with E-state index in [2.05, 4.69) is 20.4 Å². The smallest absolute Gasteiger partial charge is 0.0140 e. The minimum Gasteiger partial charge on any atom is -0.0895 e. The molecule has 0 bridgehead atoms. The predicted octanol–water partition coefficient (Wildman–Crippen LogP) is 4.74. The molecule has 72 valence electrons. The van der Waals surface area contributed by atoms with E-state index in [-0.39, 0.29) is 0 Å². The maximum absolute atomic E-state index is 5.86. The van der Waals surface area contributed by atoms with Gasteiger partial charge in [0.25, 0.3) is 0 Å². The van der Waals surface area contributed by atoms with Crippen LogP contribution < -0.4 is 0 Å². The van der Waals surface area contributed by atoms with Crippen molar-refractivity contribution in [1.29, 1.82) is 0 Å². The van der Waals surface area contributed by atoms with Gasteiger partial charge in [0.1, 0.15) is 0 Å². The molecule has 0 N–H and O–H groups in total. The van der Waals surface area contributed by atoms with Gasteiger partial charge in [0.15, 0.2) is 0 Å². The fraction of sp³-hybridized carbons (Fsp3) is 0.818. The zero-order chi connectivity index (χ0) is 9.40. The Hall–Kier alpha value is 0.0300. The minimum atomic E-state index is 0.545. The molecule has 0 aromatic heterocycles. The van der Waals surface area contributed by atoms with Crippen molar-refractivity contribution in [3.8, 4) is 0 Å². The largest absolute Gasteiger partial charge is 0.0895 e. The zero-order valence-electron chi connectivity index (χ0n) is 8.41. The number of rotatable bonds is 7. The fourth-order valence-corrected chi connectivity index (χ4v) is 1.66. The summed E-state index contributed by atoms with van der Waals surface area (Å²) < 4.78 is 0. The van der Waals surface area contributed by atoms with E-state index in [1.807, 2.05) is 0 Å². The van der Waals surface area contributed by atoms with Crippen LogP contribution in [0, 0.1) is 5.92 Å². The lowest BCUT2D eigenvalue weighted by Crippen LogP contribution is -1.97. The van der Waals surface area contributed by atoms with Crippen LogP contribution in [0.2, 0.25) is 0 Å². The molecule has 1 atom stereocenters. The molecule has 0 aromatic carbocycles. The van der Waals surface area contributed by atoms with E-state index >= 15 is 0 Å². The Labute approximate surface area is 82.0 Å². The first kappa shape index (κ1) is 12.0. The molecule has 0 amide bonds. The summed E-state index contributed by atoms with van der Waals surface area (Å²) >= 11 is 5.86. The first-order chi connectivity index (χ1) is 5.72. The first-order valence-electron chi connectivity index (χ1n) is 5.06. The van der Waals surface area contributed by atoms with Crippen molar-refractivity contribution in [3.63, 3.8) is 0 Å².